The van der Waals surface area contributed by atoms with Crippen LogP contribution in [0.1, 0.15) is 46.0 Å². The summed E-state index contributed by atoms with van der Waals surface area (Å²) in [5.74, 6) is 1.08. The Kier molecular flexibility index (Phi) is 4.85. The van der Waals surface area contributed by atoms with Gasteiger partial charge >= 0.3 is 0 Å². The third-order valence-electron chi connectivity index (χ3n) is 4.96. The van der Waals surface area contributed by atoms with Crippen LogP contribution in [0.2, 0.25) is 0 Å². The van der Waals surface area contributed by atoms with Crippen molar-refractivity contribution < 1.29 is 4.79 Å². The summed E-state index contributed by atoms with van der Waals surface area (Å²) in [7, 11) is 1.97. The number of amides is 1. The van der Waals surface area contributed by atoms with Crippen molar-refractivity contribution in [1.29, 1.82) is 0 Å². The van der Waals surface area contributed by atoms with Crippen molar-refractivity contribution in [3.63, 3.8) is 0 Å². The van der Waals surface area contributed by atoms with Gasteiger partial charge in [-0.2, -0.15) is 0 Å². The number of hydrogen-bond acceptors (Lipinski definition) is 3. The molecule has 1 aliphatic heterocycles. The van der Waals surface area contributed by atoms with Gasteiger partial charge in [0.15, 0.2) is 0 Å². The number of likely N-dealkylation sites (N-methyl/N-ethyl adjacent to an activating group) is 1. The predicted octanol–water partition coefficient (Wildman–Crippen LogP) is 1.37. The Labute approximate surface area is 117 Å². The quantitative estimate of drug-likeness (QED) is 0.808. The minimum atomic E-state index is 0.0948. The fourth-order valence-corrected chi connectivity index (χ4v) is 3.21. The van der Waals surface area contributed by atoms with E-state index in [4.69, 9.17) is 0 Å². The molecule has 1 saturated heterocycles. The normalized spacial score (nSPS) is 35.3. The van der Waals surface area contributed by atoms with Gasteiger partial charge in [0.2, 0.25) is 5.91 Å². The Bertz CT molecular complexity index is 305. The first-order valence-corrected chi connectivity index (χ1v) is 7.71. The number of rotatable bonds is 4. The molecular formula is C15H29N3O. The van der Waals surface area contributed by atoms with Crippen LogP contribution in [0.5, 0.6) is 0 Å². The highest BCUT2D eigenvalue weighted by Crippen LogP contribution is 2.26. The van der Waals surface area contributed by atoms with E-state index in [1.807, 2.05) is 11.9 Å². The van der Waals surface area contributed by atoms with Crippen LogP contribution in [0.3, 0.4) is 0 Å². The Morgan fingerprint density at radius 2 is 2.05 bits per heavy atom. The van der Waals surface area contributed by atoms with Crippen LogP contribution in [0, 0.1) is 5.92 Å². The van der Waals surface area contributed by atoms with Gasteiger partial charge < -0.3 is 15.5 Å². The van der Waals surface area contributed by atoms with Crippen LogP contribution in [0.4, 0.5) is 0 Å². The van der Waals surface area contributed by atoms with Gasteiger partial charge in [-0.05, 0) is 51.5 Å². The number of hydrogen-bond donors (Lipinski definition) is 2. The van der Waals surface area contributed by atoms with Crippen LogP contribution >= 0.6 is 0 Å². The summed E-state index contributed by atoms with van der Waals surface area (Å²) in [5.41, 5.74) is 0.0948. The molecule has 1 unspecified atom stereocenters. The maximum atomic E-state index is 12.3. The standard InChI is InChI=1S/C15H29N3O/c1-12-4-6-13(7-5-12)18(3)14(19)10-17-15(2)8-9-16-11-15/h12-13,16-17H,4-11H2,1-3H3. The Morgan fingerprint density at radius 1 is 1.37 bits per heavy atom. The topological polar surface area (TPSA) is 44.4 Å². The molecule has 0 aromatic heterocycles. The van der Waals surface area contributed by atoms with Crippen LogP contribution in [-0.4, -0.2) is 49.1 Å². The molecule has 110 valence electrons. The minimum Gasteiger partial charge on any atom is -0.342 e. The Morgan fingerprint density at radius 3 is 2.63 bits per heavy atom. The zero-order chi connectivity index (χ0) is 13.9. The lowest BCUT2D eigenvalue weighted by atomic mass is 9.87. The Balaban J connectivity index is 1.76. The second-order valence-corrected chi connectivity index (χ2v) is 6.76. The first-order valence-electron chi connectivity index (χ1n) is 7.71. The summed E-state index contributed by atoms with van der Waals surface area (Å²) in [6.07, 6.45) is 5.96. The highest BCUT2D eigenvalue weighted by molar-refractivity contribution is 5.78. The molecule has 2 N–H and O–H groups in total. The molecule has 1 heterocycles. The fourth-order valence-electron chi connectivity index (χ4n) is 3.21. The molecule has 2 aliphatic rings. The molecule has 4 heteroatoms. The molecule has 19 heavy (non-hydrogen) atoms. The molecule has 0 spiro atoms. The molecule has 1 aliphatic carbocycles. The van der Waals surface area contributed by atoms with Crippen LogP contribution in [-0.2, 0) is 4.79 Å². The van der Waals surface area contributed by atoms with E-state index < -0.39 is 0 Å². The second-order valence-electron chi connectivity index (χ2n) is 6.76. The Hall–Kier alpha value is -0.610. The number of carbonyl (C=O) groups is 1. The maximum absolute atomic E-state index is 12.3. The molecule has 4 nitrogen and oxygen atoms in total. The third-order valence-corrected chi connectivity index (χ3v) is 4.96. The highest BCUT2D eigenvalue weighted by Gasteiger charge is 2.30. The second kappa shape index (κ2) is 6.23. The fraction of sp³-hybridized carbons (Fsp3) is 0.933. The molecule has 2 fully saturated rings. The van der Waals surface area contributed by atoms with Gasteiger partial charge in [-0.25, -0.2) is 0 Å². The van der Waals surface area contributed by atoms with Gasteiger partial charge in [-0.3, -0.25) is 4.79 Å². The van der Waals surface area contributed by atoms with Crippen LogP contribution in [0.15, 0.2) is 0 Å². The van der Waals surface area contributed by atoms with Crippen molar-refractivity contribution in [2.75, 3.05) is 26.7 Å². The maximum Gasteiger partial charge on any atom is 0.236 e. The van der Waals surface area contributed by atoms with Crippen molar-refractivity contribution in [3.05, 3.63) is 0 Å². The third kappa shape index (κ3) is 3.93. The van der Waals surface area contributed by atoms with E-state index in [1.165, 1.54) is 25.7 Å². The molecule has 0 aromatic carbocycles. The molecular weight excluding hydrogens is 238 g/mol. The van der Waals surface area contributed by atoms with Gasteiger partial charge in [-0.1, -0.05) is 6.92 Å². The summed E-state index contributed by atoms with van der Waals surface area (Å²) >= 11 is 0. The highest BCUT2D eigenvalue weighted by atomic mass is 16.2. The van der Waals surface area contributed by atoms with Crippen molar-refractivity contribution in [1.82, 2.24) is 15.5 Å². The van der Waals surface area contributed by atoms with Crippen molar-refractivity contribution >= 4 is 5.91 Å². The van der Waals surface area contributed by atoms with Gasteiger partial charge in [0, 0.05) is 25.2 Å². The molecule has 1 amide bonds. The summed E-state index contributed by atoms with van der Waals surface area (Å²) in [6.45, 7) is 7.00. The summed E-state index contributed by atoms with van der Waals surface area (Å²) in [6, 6.07) is 0.458. The monoisotopic (exact) mass is 267 g/mol. The molecule has 0 radical (unpaired) electrons. The summed E-state index contributed by atoms with van der Waals surface area (Å²) in [4.78, 5) is 14.2. The van der Waals surface area contributed by atoms with E-state index in [2.05, 4.69) is 24.5 Å². The lowest BCUT2D eigenvalue weighted by Gasteiger charge is -2.34. The van der Waals surface area contributed by atoms with E-state index in [0.29, 0.717) is 12.6 Å². The summed E-state index contributed by atoms with van der Waals surface area (Å²) in [5, 5.41) is 6.78. The van der Waals surface area contributed by atoms with E-state index in [0.717, 1.165) is 25.4 Å². The van der Waals surface area contributed by atoms with E-state index in [-0.39, 0.29) is 11.4 Å². The minimum absolute atomic E-state index is 0.0948. The summed E-state index contributed by atoms with van der Waals surface area (Å²) < 4.78 is 0. The first-order chi connectivity index (χ1) is 9.00. The van der Waals surface area contributed by atoms with Crippen molar-refractivity contribution in [2.45, 2.75) is 57.5 Å². The average molecular weight is 267 g/mol. The molecule has 1 atom stereocenters. The van der Waals surface area contributed by atoms with Gasteiger partial charge in [-0.15, -0.1) is 0 Å². The smallest absolute Gasteiger partial charge is 0.236 e. The number of nitrogens with one attached hydrogen (secondary N) is 2. The molecule has 2 rings (SSSR count). The molecule has 0 bridgehead atoms. The first kappa shape index (κ1) is 14.8. The number of carbonyl (C=O) groups excluding carboxylic acids is 1. The van der Waals surface area contributed by atoms with Crippen LogP contribution < -0.4 is 10.6 Å². The zero-order valence-electron chi connectivity index (χ0n) is 12.7. The van der Waals surface area contributed by atoms with Crippen LogP contribution in [0.25, 0.3) is 0 Å². The van der Waals surface area contributed by atoms with E-state index in [1.54, 1.807) is 0 Å². The van der Waals surface area contributed by atoms with Crippen molar-refractivity contribution in [2.24, 2.45) is 5.92 Å². The lowest BCUT2D eigenvalue weighted by Crippen LogP contribution is -2.50. The van der Waals surface area contributed by atoms with E-state index in [9.17, 15) is 4.79 Å². The lowest BCUT2D eigenvalue weighted by molar-refractivity contribution is -0.132. The largest absolute Gasteiger partial charge is 0.342 e. The predicted molar refractivity (Wildman–Crippen MR) is 78.1 cm³/mol. The zero-order valence-corrected chi connectivity index (χ0v) is 12.7. The average Bonchev–Trinajstić information content (AvgIpc) is 2.83. The van der Waals surface area contributed by atoms with Gasteiger partial charge in [0.25, 0.3) is 0 Å². The molecule has 1 saturated carbocycles. The molecule has 0 aromatic rings. The SMILES string of the molecule is CC1CCC(N(C)C(=O)CNC2(C)CCNC2)CC1. The number of nitrogens with zero attached hydrogens (tertiary/aromatic N) is 1. The van der Waals surface area contributed by atoms with E-state index >= 15 is 0 Å². The van der Waals surface area contributed by atoms with Crippen molar-refractivity contribution in [3.8, 4) is 0 Å². The van der Waals surface area contributed by atoms with Gasteiger partial charge in [0.1, 0.15) is 0 Å². The van der Waals surface area contributed by atoms with Gasteiger partial charge in [0.05, 0.1) is 6.54 Å².